The summed E-state index contributed by atoms with van der Waals surface area (Å²) in [4.78, 5) is 73.1. The predicted octanol–water partition coefficient (Wildman–Crippen LogP) is 25.2. The molecule has 0 aliphatic rings. The van der Waals surface area contributed by atoms with E-state index in [-0.39, 0.29) is 25.7 Å². The molecule has 630 valence electrons. The molecule has 0 spiro atoms. The smallest absolute Gasteiger partial charge is 0.462 e. The molecule has 0 saturated carbocycles. The largest absolute Gasteiger partial charge is 0.472 e. The van der Waals surface area contributed by atoms with Crippen LogP contribution in [0.15, 0.2) is 219 Å². The molecule has 0 aliphatic heterocycles. The number of hydrogen-bond acceptors (Lipinski definition) is 15. The van der Waals surface area contributed by atoms with Crippen LogP contribution in [0.5, 0.6) is 0 Å². The quantitative estimate of drug-likeness (QED) is 0.0169. The van der Waals surface area contributed by atoms with Gasteiger partial charge in [0.25, 0.3) is 0 Å². The van der Waals surface area contributed by atoms with Crippen LogP contribution in [0.25, 0.3) is 0 Å². The number of rotatable bonds is 76. The zero-order chi connectivity index (χ0) is 81.7. The molecule has 0 fully saturated rings. The summed E-state index contributed by atoms with van der Waals surface area (Å²) in [5.41, 5.74) is 0. The van der Waals surface area contributed by atoms with E-state index in [0.29, 0.717) is 44.9 Å². The van der Waals surface area contributed by atoms with E-state index >= 15 is 0 Å². The molecule has 0 bridgehead atoms. The van der Waals surface area contributed by atoms with Crippen molar-refractivity contribution in [3.63, 3.8) is 0 Å². The lowest BCUT2D eigenvalue weighted by molar-refractivity contribution is -0.161. The first-order valence-corrected chi connectivity index (χ1v) is 45.0. The first-order valence-electron chi connectivity index (χ1n) is 42.0. The van der Waals surface area contributed by atoms with E-state index in [2.05, 4.69) is 192 Å². The van der Waals surface area contributed by atoms with Crippen LogP contribution < -0.4 is 0 Å². The number of allylic oxidation sites excluding steroid dienone is 36. The van der Waals surface area contributed by atoms with Gasteiger partial charge in [-0.3, -0.25) is 37.3 Å². The normalized spacial score (nSPS) is 14.9. The second-order valence-electron chi connectivity index (χ2n) is 26.9. The summed E-state index contributed by atoms with van der Waals surface area (Å²) in [7, 11) is -10.1. The molecule has 5 atom stereocenters. The summed E-state index contributed by atoms with van der Waals surface area (Å²) < 4.78 is 68.5. The highest BCUT2D eigenvalue weighted by molar-refractivity contribution is 7.47. The zero-order valence-electron chi connectivity index (χ0n) is 69.0. The number of esters is 4. The van der Waals surface area contributed by atoms with E-state index in [1.54, 1.807) is 0 Å². The first kappa shape index (κ1) is 105. The predicted molar refractivity (Wildman–Crippen MR) is 463 cm³/mol. The van der Waals surface area contributed by atoms with Crippen molar-refractivity contribution in [1.29, 1.82) is 0 Å². The van der Waals surface area contributed by atoms with Crippen LogP contribution in [0.1, 0.15) is 285 Å². The molecule has 0 amide bonds. The summed E-state index contributed by atoms with van der Waals surface area (Å²) in [6.45, 7) is 4.32. The van der Waals surface area contributed by atoms with Crippen molar-refractivity contribution < 1.29 is 80.2 Å². The van der Waals surface area contributed by atoms with E-state index in [0.717, 1.165) is 128 Å². The minimum Gasteiger partial charge on any atom is -0.462 e. The Morgan fingerprint density at radius 3 is 0.795 bits per heavy atom. The maximum atomic E-state index is 13.1. The van der Waals surface area contributed by atoms with Crippen LogP contribution in [-0.2, 0) is 65.4 Å². The van der Waals surface area contributed by atoms with Crippen molar-refractivity contribution in [2.75, 3.05) is 39.6 Å². The lowest BCUT2D eigenvalue weighted by atomic mass is 10.1. The van der Waals surface area contributed by atoms with Crippen LogP contribution in [0, 0.1) is 0 Å². The van der Waals surface area contributed by atoms with Crippen molar-refractivity contribution in [2.24, 2.45) is 0 Å². The molecule has 0 radical (unpaired) electrons. The molecule has 0 heterocycles. The third-order valence-electron chi connectivity index (χ3n) is 16.4. The summed E-state index contributed by atoms with van der Waals surface area (Å²) >= 11 is 0. The van der Waals surface area contributed by atoms with Gasteiger partial charge < -0.3 is 33.8 Å². The number of unbranched alkanes of at least 4 members (excludes halogenated alkanes) is 14. The Morgan fingerprint density at radius 2 is 0.482 bits per heavy atom. The molecular weight excluding hydrogens is 1450 g/mol. The molecule has 0 aliphatic carbocycles. The summed E-state index contributed by atoms with van der Waals surface area (Å²) in [6.07, 6.45) is 105. The highest BCUT2D eigenvalue weighted by Crippen LogP contribution is 2.45. The Bertz CT molecular complexity index is 2990. The van der Waals surface area contributed by atoms with Crippen molar-refractivity contribution in [3.05, 3.63) is 219 Å². The Balaban J connectivity index is 5.61. The summed E-state index contributed by atoms with van der Waals surface area (Å²) in [5.74, 6) is -2.50. The number of ether oxygens (including phenoxy) is 4. The van der Waals surface area contributed by atoms with Crippen molar-refractivity contribution in [2.45, 2.75) is 303 Å². The van der Waals surface area contributed by atoms with Gasteiger partial charge in [-0.2, -0.15) is 0 Å². The van der Waals surface area contributed by atoms with Gasteiger partial charge in [-0.25, -0.2) is 9.13 Å². The monoisotopic (exact) mass is 1600 g/mol. The molecule has 0 aromatic rings. The fraction of sp³-hybridized carbons (Fsp3) is 0.570. The van der Waals surface area contributed by atoms with E-state index in [1.165, 1.54) is 57.8 Å². The van der Waals surface area contributed by atoms with E-state index in [1.807, 2.05) is 54.7 Å². The second kappa shape index (κ2) is 82.4. The maximum Gasteiger partial charge on any atom is 0.472 e. The van der Waals surface area contributed by atoms with Crippen molar-refractivity contribution >= 4 is 39.5 Å². The Kier molecular flexibility index (Phi) is 77.5. The fourth-order valence-corrected chi connectivity index (χ4v) is 11.7. The first-order chi connectivity index (χ1) is 54.7. The van der Waals surface area contributed by atoms with Gasteiger partial charge in [-0.1, -0.05) is 311 Å². The third-order valence-corrected chi connectivity index (χ3v) is 18.3. The Labute approximate surface area is 677 Å². The zero-order valence-corrected chi connectivity index (χ0v) is 70.8. The molecule has 0 aromatic carbocycles. The summed E-state index contributed by atoms with van der Waals surface area (Å²) in [5, 5.41) is 10.7. The van der Waals surface area contributed by atoms with Gasteiger partial charge in [0.2, 0.25) is 0 Å². The number of carbonyl (C=O) groups is 4. The number of aliphatic hydroxyl groups excluding tert-OH is 1. The molecule has 19 heteroatoms. The minimum atomic E-state index is -5.04. The standard InChI is InChI=1S/C93H146O17P2/c1-5-9-13-17-21-25-29-33-37-40-43-46-50-53-57-61-65-69-73-77-90(95)103-83-88(109-92(97)79-75-71-67-63-59-55-49-36-32-28-24-20-16-12-8-4)85-107-111(99,100)105-81-87(94)82-106-112(101,102)108-86-89(110-93(98)80-76-72-68-64-60-56-52-48-45-42-39-35-31-27-23-19-15-11-7-3)84-104-91(96)78-74-70-66-62-58-54-51-47-44-41-38-34-30-26-22-18-14-10-6-2/h9-10,13-14,21-23,25-27,33-39,43-49,53-54,56-58,60,65-66,68-70,72,87-89,94H,5-8,11-12,15-20,24,28-32,40-42,50-52,55,59,61-64,67,71,73-86H2,1-4H3,(H,99,100)(H,101,102)/b13-9-,14-10-,25-21-,26-22-,27-23-,37-33-,38-34-,39-35-,46-43-,47-44-,48-45-,49-36-,57-53-,58-54-,60-56-,69-65-,70-66-,72-68-/t87-,88+,89+/m0/s1. The lowest BCUT2D eigenvalue weighted by Gasteiger charge is -2.21. The average Bonchev–Trinajstić information content (AvgIpc) is 0.898. The Morgan fingerprint density at radius 1 is 0.259 bits per heavy atom. The highest BCUT2D eigenvalue weighted by atomic mass is 31.2. The van der Waals surface area contributed by atoms with Gasteiger partial charge in [-0.05, 0) is 167 Å². The molecule has 112 heavy (non-hydrogen) atoms. The minimum absolute atomic E-state index is 0.00980. The van der Waals surface area contributed by atoms with Gasteiger partial charge in [0.15, 0.2) is 12.2 Å². The second-order valence-corrected chi connectivity index (χ2v) is 29.8. The van der Waals surface area contributed by atoms with Crippen LogP contribution >= 0.6 is 15.6 Å². The lowest BCUT2D eigenvalue weighted by Crippen LogP contribution is -2.30. The van der Waals surface area contributed by atoms with Gasteiger partial charge in [0.1, 0.15) is 19.3 Å². The maximum absolute atomic E-state index is 13.1. The van der Waals surface area contributed by atoms with Gasteiger partial charge >= 0.3 is 39.5 Å². The van der Waals surface area contributed by atoms with Crippen LogP contribution in [-0.4, -0.2) is 96.7 Å². The van der Waals surface area contributed by atoms with Gasteiger partial charge in [0, 0.05) is 25.7 Å². The number of phosphoric acid groups is 2. The van der Waals surface area contributed by atoms with E-state index < -0.39 is 97.5 Å². The molecule has 17 nitrogen and oxygen atoms in total. The van der Waals surface area contributed by atoms with Gasteiger partial charge in [0.05, 0.1) is 26.4 Å². The highest BCUT2D eigenvalue weighted by Gasteiger charge is 2.30. The topological polar surface area (TPSA) is 237 Å². The van der Waals surface area contributed by atoms with Crippen LogP contribution in [0.4, 0.5) is 0 Å². The number of aliphatic hydroxyl groups is 1. The molecule has 3 N–H and O–H groups in total. The third kappa shape index (κ3) is 81.4. The molecule has 0 rings (SSSR count). The van der Waals surface area contributed by atoms with E-state index in [4.69, 9.17) is 37.0 Å². The summed E-state index contributed by atoms with van der Waals surface area (Å²) in [6, 6.07) is 0. The van der Waals surface area contributed by atoms with E-state index in [9.17, 15) is 43.2 Å². The van der Waals surface area contributed by atoms with Gasteiger partial charge in [-0.15, -0.1) is 0 Å². The Hall–Kier alpha value is -6.62. The van der Waals surface area contributed by atoms with Crippen molar-refractivity contribution in [3.8, 4) is 0 Å². The SMILES string of the molecule is CC/C=C\C/C=C\C/C=C\C/C=C\C/C=C\C/C=C\CCC(=O)OC[C@H](COP(=O)(O)OC[C@@H](O)COP(=O)(O)OC[C@@H](COC(=O)CC/C=C\C/C=C\C/C=C\C/C=C\C/C=C\C/C=C\CC)OC(=O)CCCCCCC/C=C\CCCCCCCC)OC(=O)CC/C=C\C/C=C\C/C=C\C/C=C\C/C=C\CCCCC. The molecule has 2 unspecified atom stereocenters. The van der Waals surface area contributed by atoms with Crippen LogP contribution in [0.2, 0.25) is 0 Å². The number of phosphoric ester groups is 2. The average molecular weight is 1600 g/mol. The van der Waals surface area contributed by atoms with Crippen molar-refractivity contribution in [1.82, 2.24) is 0 Å². The fourth-order valence-electron chi connectivity index (χ4n) is 10.1. The van der Waals surface area contributed by atoms with Crippen LogP contribution in [0.3, 0.4) is 0 Å². The molecular formula is C93H146O17P2. The number of hydrogen-bond donors (Lipinski definition) is 3. The molecule has 0 aromatic heterocycles. The molecule has 0 saturated heterocycles. The number of carbonyl (C=O) groups excluding carboxylic acids is 4.